The molecule has 1 aromatic carbocycles. The first-order valence-corrected chi connectivity index (χ1v) is 9.66. The fourth-order valence-electron chi connectivity index (χ4n) is 3.18. The molecule has 10 nitrogen and oxygen atoms in total. The number of rotatable bonds is 10. The van der Waals surface area contributed by atoms with Gasteiger partial charge in [-0.15, -0.1) is 0 Å². The van der Waals surface area contributed by atoms with Crippen molar-refractivity contribution in [1.82, 2.24) is 10.6 Å². The number of aliphatic hydroxyl groups is 4. The fraction of sp³-hybridized carbons (Fsp3) is 0.550. The molecule has 10 heteroatoms. The second kappa shape index (κ2) is 11.6. The summed E-state index contributed by atoms with van der Waals surface area (Å²) in [6.07, 6.45) is -1.89. The van der Waals surface area contributed by atoms with Crippen LogP contribution in [0.4, 0.5) is 5.69 Å². The topological polar surface area (TPSA) is 168 Å². The maximum absolute atomic E-state index is 12.9. The minimum absolute atomic E-state index is 0.161. The molecule has 3 amide bonds. The Hall–Kier alpha value is -2.53. The van der Waals surface area contributed by atoms with Gasteiger partial charge in [0.15, 0.2) is 0 Å². The molecule has 0 spiro atoms. The number of aliphatic hydroxyl groups excluding tert-OH is 4. The van der Waals surface area contributed by atoms with E-state index in [-0.39, 0.29) is 30.1 Å². The minimum Gasteiger partial charge on any atom is -0.394 e. The minimum atomic E-state index is -1.14. The zero-order chi connectivity index (χ0) is 23.0. The van der Waals surface area contributed by atoms with Gasteiger partial charge in [-0.25, -0.2) is 0 Å². The summed E-state index contributed by atoms with van der Waals surface area (Å²) in [5, 5.41) is 44.6. The molecular weight excluding hydrogens is 394 g/mol. The second-order valence-electron chi connectivity index (χ2n) is 6.98. The van der Waals surface area contributed by atoms with Crippen LogP contribution in [-0.4, -0.2) is 76.7 Å². The fourth-order valence-corrected chi connectivity index (χ4v) is 3.18. The highest BCUT2D eigenvalue weighted by Crippen LogP contribution is 2.32. The van der Waals surface area contributed by atoms with E-state index in [2.05, 4.69) is 16.0 Å². The van der Waals surface area contributed by atoms with E-state index in [1.54, 1.807) is 20.8 Å². The van der Waals surface area contributed by atoms with Crippen LogP contribution in [0.15, 0.2) is 0 Å². The Morgan fingerprint density at radius 1 is 0.867 bits per heavy atom. The van der Waals surface area contributed by atoms with Crippen molar-refractivity contribution in [2.45, 2.75) is 46.3 Å². The molecule has 2 atom stereocenters. The lowest BCUT2D eigenvalue weighted by Gasteiger charge is -2.23. The zero-order valence-corrected chi connectivity index (χ0v) is 17.7. The van der Waals surface area contributed by atoms with Crippen molar-refractivity contribution in [2.75, 3.05) is 31.6 Å². The molecular formula is C20H31N3O7. The normalized spacial score (nSPS) is 12.8. The summed E-state index contributed by atoms with van der Waals surface area (Å²) in [6, 6.07) is 0. The van der Waals surface area contributed by atoms with E-state index in [0.29, 0.717) is 28.8 Å². The number of nitrogens with one attached hydrogen (secondary N) is 3. The molecule has 0 bridgehead atoms. The maximum atomic E-state index is 12.9. The quantitative estimate of drug-likeness (QED) is 0.252. The van der Waals surface area contributed by atoms with Gasteiger partial charge in [0.1, 0.15) is 0 Å². The van der Waals surface area contributed by atoms with Crippen LogP contribution >= 0.6 is 0 Å². The smallest absolute Gasteiger partial charge is 0.252 e. The van der Waals surface area contributed by atoms with Gasteiger partial charge in [0.2, 0.25) is 5.91 Å². The van der Waals surface area contributed by atoms with E-state index in [0.717, 1.165) is 0 Å². The van der Waals surface area contributed by atoms with E-state index in [1.165, 1.54) is 6.92 Å². The highest BCUT2D eigenvalue weighted by Gasteiger charge is 2.27. The zero-order valence-electron chi connectivity index (χ0n) is 17.7. The van der Waals surface area contributed by atoms with Gasteiger partial charge in [0.05, 0.1) is 25.4 Å². The molecule has 0 aliphatic carbocycles. The molecule has 0 saturated carbocycles. The summed E-state index contributed by atoms with van der Waals surface area (Å²) < 4.78 is 0. The third kappa shape index (κ3) is 6.23. The molecule has 0 aliphatic heterocycles. The highest BCUT2D eigenvalue weighted by atomic mass is 16.3. The van der Waals surface area contributed by atoms with Gasteiger partial charge in [0, 0.05) is 36.8 Å². The molecule has 0 fully saturated rings. The van der Waals surface area contributed by atoms with Gasteiger partial charge >= 0.3 is 0 Å². The number of anilines is 1. The Morgan fingerprint density at radius 3 is 1.73 bits per heavy atom. The number of hydrogen-bond acceptors (Lipinski definition) is 7. The standard InChI is InChI=1S/C20H31N3O7/c1-5-15-17(20(30)22-7-14(28)9-25)10(2)16(11(3)18(15)23-12(4)26)19(29)21-6-13(27)8-24/h13-14,24-25,27-28H,5-9H2,1-4H3,(H,21,29)(H,22,30)(H,23,26). The molecule has 0 aliphatic rings. The van der Waals surface area contributed by atoms with Crippen LogP contribution in [0.1, 0.15) is 51.3 Å². The number of carbonyl (C=O) groups is 3. The Labute approximate surface area is 175 Å². The molecule has 168 valence electrons. The Bertz CT molecular complexity index is 795. The third-order valence-corrected chi connectivity index (χ3v) is 4.63. The van der Waals surface area contributed by atoms with Crippen molar-refractivity contribution in [2.24, 2.45) is 0 Å². The van der Waals surface area contributed by atoms with Gasteiger partial charge < -0.3 is 36.4 Å². The summed E-state index contributed by atoms with van der Waals surface area (Å²) in [6.45, 7) is 4.93. The Kier molecular flexibility index (Phi) is 9.86. The molecule has 7 N–H and O–H groups in total. The van der Waals surface area contributed by atoms with Crippen molar-refractivity contribution in [3.8, 4) is 0 Å². The highest BCUT2D eigenvalue weighted by molar-refractivity contribution is 6.07. The van der Waals surface area contributed by atoms with Crippen LogP contribution in [0.25, 0.3) is 0 Å². The van der Waals surface area contributed by atoms with E-state index in [9.17, 15) is 24.6 Å². The molecule has 1 aromatic rings. The third-order valence-electron chi connectivity index (χ3n) is 4.63. The molecule has 1 rings (SSSR count). The lowest BCUT2D eigenvalue weighted by Crippen LogP contribution is -2.37. The first kappa shape index (κ1) is 25.5. The van der Waals surface area contributed by atoms with Crippen molar-refractivity contribution < 1.29 is 34.8 Å². The van der Waals surface area contributed by atoms with Crippen LogP contribution in [0.3, 0.4) is 0 Å². The molecule has 2 unspecified atom stereocenters. The average molecular weight is 425 g/mol. The van der Waals surface area contributed by atoms with Crippen LogP contribution in [0.5, 0.6) is 0 Å². The summed E-state index contributed by atoms with van der Waals surface area (Å²) in [7, 11) is 0. The average Bonchev–Trinajstić information content (AvgIpc) is 2.71. The number of carbonyl (C=O) groups excluding carboxylic acids is 3. The van der Waals surface area contributed by atoms with Gasteiger partial charge in [0.25, 0.3) is 11.8 Å². The number of benzene rings is 1. The first-order valence-electron chi connectivity index (χ1n) is 9.66. The van der Waals surface area contributed by atoms with E-state index >= 15 is 0 Å². The maximum Gasteiger partial charge on any atom is 0.252 e. The molecule has 0 saturated heterocycles. The predicted octanol–water partition coefficient (Wildman–Crippen LogP) is -1.01. The van der Waals surface area contributed by atoms with Gasteiger partial charge in [-0.1, -0.05) is 6.92 Å². The van der Waals surface area contributed by atoms with E-state index in [4.69, 9.17) is 10.2 Å². The van der Waals surface area contributed by atoms with Gasteiger partial charge in [-0.05, 0) is 37.0 Å². The van der Waals surface area contributed by atoms with Crippen LogP contribution in [0.2, 0.25) is 0 Å². The van der Waals surface area contributed by atoms with Crippen molar-refractivity contribution in [1.29, 1.82) is 0 Å². The Balaban J connectivity index is 3.55. The summed E-state index contributed by atoms with van der Waals surface area (Å²) in [4.78, 5) is 37.4. The summed E-state index contributed by atoms with van der Waals surface area (Å²) in [5.41, 5.74) is 2.05. The lowest BCUT2D eigenvalue weighted by molar-refractivity contribution is -0.114. The van der Waals surface area contributed by atoms with Gasteiger partial charge in [-0.2, -0.15) is 0 Å². The van der Waals surface area contributed by atoms with Gasteiger partial charge in [-0.3, -0.25) is 14.4 Å². The van der Waals surface area contributed by atoms with E-state index < -0.39 is 37.2 Å². The monoisotopic (exact) mass is 425 g/mol. The number of amides is 3. The SMILES string of the molecule is CCc1c(NC(C)=O)c(C)c(C(=O)NCC(O)CO)c(C)c1C(=O)NCC(O)CO. The first-order chi connectivity index (χ1) is 14.1. The van der Waals surface area contributed by atoms with Crippen molar-refractivity contribution in [3.63, 3.8) is 0 Å². The Morgan fingerprint density at radius 2 is 1.33 bits per heavy atom. The van der Waals surface area contributed by atoms with Crippen LogP contribution in [0, 0.1) is 13.8 Å². The van der Waals surface area contributed by atoms with E-state index in [1.807, 2.05) is 0 Å². The molecule has 0 heterocycles. The van der Waals surface area contributed by atoms with Crippen LogP contribution < -0.4 is 16.0 Å². The molecule has 0 aromatic heterocycles. The summed E-state index contributed by atoms with van der Waals surface area (Å²) in [5.74, 6) is -1.51. The predicted molar refractivity (Wildman–Crippen MR) is 110 cm³/mol. The number of hydrogen-bond donors (Lipinski definition) is 7. The van der Waals surface area contributed by atoms with Crippen molar-refractivity contribution in [3.05, 3.63) is 27.8 Å². The van der Waals surface area contributed by atoms with Crippen molar-refractivity contribution >= 4 is 23.4 Å². The molecule has 30 heavy (non-hydrogen) atoms. The lowest BCUT2D eigenvalue weighted by atomic mass is 9.88. The second-order valence-corrected chi connectivity index (χ2v) is 6.98. The van der Waals surface area contributed by atoms with Crippen LogP contribution in [-0.2, 0) is 11.2 Å². The largest absolute Gasteiger partial charge is 0.394 e. The molecule has 0 radical (unpaired) electrons. The summed E-state index contributed by atoms with van der Waals surface area (Å²) >= 11 is 0.